The number of phosphoric acid groups is 1. The van der Waals surface area contributed by atoms with Crippen LogP contribution < -0.4 is 0 Å². The second kappa shape index (κ2) is 5.77. The Hall–Kier alpha value is -1.30. The van der Waals surface area contributed by atoms with E-state index >= 15 is 0 Å². The smallest absolute Gasteiger partial charge is 0.404 e. The molecule has 106 valence electrons. The van der Waals surface area contributed by atoms with Crippen molar-refractivity contribution in [2.24, 2.45) is 10.6 Å². The number of nitroso groups, excluding NO2 is 1. The second-order valence-corrected chi connectivity index (χ2v) is 6.05. The van der Waals surface area contributed by atoms with Crippen LogP contribution in [0.1, 0.15) is 33.1 Å². The highest BCUT2D eigenvalue weighted by molar-refractivity contribution is 7.46. The molecule has 19 heavy (non-hydrogen) atoms. The lowest BCUT2D eigenvalue weighted by Gasteiger charge is -2.30. The van der Waals surface area contributed by atoms with Crippen LogP contribution in [0, 0.1) is 10.3 Å². The van der Waals surface area contributed by atoms with Gasteiger partial charge in [0.25, 0.3) is 5.91 Å². The highest BCUT2D eigenvalue weighted by Crippen LogP contribution is 2.46. The topological polar surface area (TPSA) is 113 Å². The summed E-state index contributed by atoms with van der Waals surface area (Å²) in [6.45, 7) is 3.37. The van der Waals surface area contributed by atoms with E-state index in [0.29, 0.717) is 18.4 Å². The Kier molecular flexibility index (Phi) is 4.79. The van der Waals surface area contributed by atoms with Crippen LogP contribution >= 0.6 is 7.82 Å². The zero-order valence-corrected chi connectivity index (χ0v) is 11.6. The van der Waals surface area contributed by atoms with Gasteiger partial charge in [0.15, 0.2) is 0 Å². The van der Waals surface area contributed by atoms with Crippen LogP contribution in [0.15, 0.2) is 28.7 Å². The monoisotopic (exact) mass is 289 g/mol. The van der Waals surface area contributed by atoms with Gasteiger partial charge in [-0.05, 0) is 24.5 Å². The molecule has 0 fully saturated rings. The Labute approximate surface area is 110 Å². The van der Waals surface area contributed by atoms with Crippen molar-refractivity contribution >= 4 is 13.7 Å². The van der Waals surface area contributed by atoms with E-state index in [0.717, 1.165) is 0 Å². The summed E-state index contributed by atoms with van der Waals surface area (Å²) in [5.41, 5.74) is -0.286. The van der Waals surface area contributed by atoms with E-state index in [4.69, 9.17) is 9.79 Å². The lowest BCUT2D eigenvalue weighted by molar-refractivity contribution is -0.119. The van der Waals surface area contributed by atoms with Gasteiger partial charge < -0.3 is 4.52 Å². The molecule has 0 aromatic heterocycles. The third-order valence-electron chi connectivity index (χ3n) is 2.75. The fourth-order valence-electron chi connectivity index (χ4n) is 1.98. The average Bonchev–Trinajstić information content (AvgIpc) is 2.26. The third-order valence-corrected chi connectivity index (χ3v) is 3.19. The molecular weight excluding hydrogens is 273 g/mol. The number of rotatable bonds is 5. The predicted molar refractivity (Wildman–Crippen MR) is 67.7 cm³/mol. The lowest BCUT2D eigenvalue weighted by Crippen LogP contribution is -2.22. The fraction of sp³-hybridized carbons (Fsp3) is 0.545. The van der Waals surface area contributed by atoms with Crippen molar-refractivity contribution in [1.29, 1.82) is 0 Å². The molecule has 0 unspecified atom stereocenters. The van der Waals surface area contributed by atoms with Crippen LogP contribution in [-0.4, -0.2) is 15.7 Å². The van der Waals surface area contributed by atoms with Crippen LogP contribution in [-0.2, 0) is 13.9 Å². The lowest BCUT2D eigenvalue weighted by atomic mass is 9.78. The average molecular weight is 289 g/mol. The first-order valence-corrected chi connectivity index (χ1v) is 7.21. The molecule has 0 spiro atoms. The Morgan fingerprint density at radius 1 is 1.42 bits per heavy atom. The molecule has 8 heteroatoms. The van der Waals surface area contributed by atoms with Crippen LogP contribution in [0.2, 0.25) is 0 Å². The first-order chi connectivity index (χ1) is 8.65. The molecule has 2 N–H and O–H groups in total. The minimum atomic E-state index is -4.66. The number of nitrogens with zero attached hydrogens (tertiary/aromatic N) is 1. The van der Waals surface area contributed by atoms with Gasteiger partial charge in [-0.1, -0.05) is 19.9 Å². The van der Waals surface area contributed by atoms with Gasteiger partial charge in [-0.15, -0.1) is 4.91 Å². The summed E-state index contributed by atoms with van der Waals surface area (Å²) in [6, 6.07) is 0. The van der Waals surface area contributed by atoms with Gasteiger partial charge in [0, 0.05) is 17.0 Å². The first kappa shape index (κ1) is 15.8. The van der Waals surface area contributed by atoms with Crippen LogP contribution in [0.5, 0.6) is 0 Å². The first-order valence-electron chi connectivity index (χ1n) is 5.68. The number of hydrogen-bond acceptors (Lipinski definition) is 4. The summed E-state index contributed by atoms with van der Waals surface area (Å²) >= 11 is 0. The van der Waals surface area contributed by atoms with Crippen molar-refractivity contribution in [2.75, 3.05) is 0 Å². The molecule has 0 heterocycles. The van der Waals surface area contributed by atoms with Gasteiger partial charge in [0.1, 0.15) is 5.76 Å². The van der Waals surface area contributed by atoms with E-state index in [-0.39, 0.29) is 12.2 Å². The molecule has 1 aliphatic carbocycles. The molecule has 0 radical (unpaired) electrons. The van der Waals surface area contributed by atoms with Gasteiger partial charge in [0.2, 0.25) is 0 Å². The van der Waals surface area contributed by atoms with Gasteiger partial charge in [-0.2, -0.15) is 0 Å². The number of phosphoric ester groups is 1. The van der Waals surface area contributed by atoms with Crippen molar-refractivity contribution in [3.05, 3.63) is 28.4 Å². The summed E-state index contributed by atoms with van der Waals surface area (Å²) in [4.78, 5) is 39.1. The van der Waals surface area contributed by atoms with Crippen molar-refractivity contribution in [1.82, 2.24) is 0 Å². The standard InChI is InChI=1S/C11H16NO6P/c1-11(2,7-10(13)12-14)8-5-3-4-6-9(8)18-19(15,16)17/h5-6H,3-4,7H2,1-2H3,(H2,15,16,17). The van der Waals surface area contributed by atoms with Gasteiger partial charge >= 0.3 is 7.82 Å². The second-order valence-electron chi connectivity index (χ2n) is 4.89. The van der Waals surface area contributed by atoms with E-state index in [1.54, 1.807) is 26.0 Å². The molecule has 0 aromatic carbocycles. The molecule has 0 bridgehead atoms. The van der Waals surface area contributed by atoms with Gasteiger partial charge in [-0.3, -0.25) is 14.6 Å². The Morgan fingerprint density at radius 3 is 2.53 bits per heavy atom. The van der Waals surface area contributed by atoms with E-state index < -0.39 is 19.1 Å². The molecular formula is C11H16NO6P. The fourth-order valence-corrected chi connectivity index (χ4v) is 2.41. The number of amides is 1. The van der Waals surface area contributed by atoms with E-state index in [2.05, 4.69) is 9.70 Å². The summed E-state index contributed by atoms with van der Waals surface area (Å²) in [5, 5.41) is 2.34. The summed E-state index contributed by atoms with van der Waals surface area (Å²) in [5.74, 6) is -0.754. The van der Waals surface area contributed by atoms with Crippen LogP contribution in [0.3, 0.4) is 0 Å². The maximum absolute atomic E-state index is 11.1. The molecule has 1 amide bonds. The molecule has 0 saturated heterocycles. The molecule has 7 nitrogen and oxygen atoms in total. The Balaban J connectivity index is 2.98. The number of carbonyl (C=O) groups is 1. The van der Waals surface area contributed by atoms with Crippen molar-refractivity contribution in [3.63, 3.8) is 0 Å². The maximum Gasteiger partial charge on any atom is 0.524 e. The van der Waals surface area contributed by atoms with E-state index in [9.17, 15) is 14.3 Å². The molecule has 0 atom stereocenters. The SMILES string of the molecule is CC(C)(CC(=O)N=O)C1=CCCC=C1OP(=O)(O)O. The van der Waals surface area contributed by atoms with Gasteiger partial charge in [-0.25, -0.2) is 4.57 Å². The Morgan fingerprint density at radius 2 is 2.00 bits per heavy atom. The van der Waals surface area contributed by atoms with Crippen molar-refractivity contribution in [3.8, 4) is 0 Å². The highest BCUT2D eigenvalue weighted by Gasteiger charge is 2.33. The largest absolute Gasteiger partial charge is 0.524 e. The minimum Gasteiger partial charge on any atom is -0.404 e. The summed E-state index contributed by atoms with van der Waals surface area (Å²) < 4.78 is 15.6. The van der Waals surface area contributed by atoms with Gasteiger partial charge in [0.05, 0.1) is 0 Å². The molecule has 0 aliphatic heterocycles. The molecule has 0 saturated carbocycles. The number of hydrogen-bond donors (Lipinski definition) is 2. The van der Waals surface area contributed by atoms with Crippen LogP contribution in [0.4, 0.5) is 0 Å². The zero-order valence-electron chi connectivity index (χ0n) is 10.7. The van der Waals surface area contributed by atoms with Crippen molar-refractivity contribution in [2.45, 2.75) is 33.1 Å². The minimum absolute atomic E-state index is 0.0586. The number of carbonyl (C=O) groups excluding carboxylic acids is 1. The van der Waals surface area contributed by atoms with E-state index in [1.807, 2.05) is 0 Å². The van der Waals surface area contributed by atoms with E-state index in [1.165, 1.54) is 0 Å². The molecule has 0 aromatic rings. The zero-order chi connectivity index (χ0) is 14.7. The Bertz CT molecular complexity index is 487. The highest BCUT2D eigenvalue weighted by atomic mass is 31.2. The molecule has 1 aliphatic rings. The quantitative estimate of drug-likeness (QED) is 0.593. The van der Waals surface area contributed by atoms with Crippen molar-refractivity contribution < 1.29 is 23.7 Å². The maximum atomic E-state index is 11.1. The normalized spacial score (nSPS) is 16.4. The third kappa shape index (κ3) is 4.70. The molecule has 1 rings (SSSR count). The number of allylic oxidation sites excluding steroid dienone is 3. The predicted octanol–water partition coefficient (Wildman–Crippen LogP) is 2.41. The summed E-state index contributed by atoms with van der Waals surface area (Å²) in [7, 11) is -4.66. The van der Waals surface area contributed by atoms with Crippen LogP contribution in [0.25, 0.3) is 0 Å². The summed E-state index contributed by atoms with van der Waals surface area (Å²) in [6.07, 6.45) is 4.44.